The molecular weight excluding hydrogens is 526 g/mol. The Morgan fingerprint density at radius 2 is 1.23 bits per heavy atom. The molecular formula is C30H31N5O4S. The monoisotopic (exact) mass is 557 g/mol. The summed E-state index contributed by atoms with van der Waals surface area (Å²) in [5, 5.41) is 5.51. The van der Waals surface area contributed by atoms with Gasteiger partial charge in [0.25, 0.3) is 15.9 Å². The first-order valence-corrected chi connectivity index (χ1v) is 13.9. The second-order valence-electron chi connectivity index (χ2n) is 9.52. The van der Waals surface area contributed by atoms with Crippen LogP contribution >= 0.6 is 0 Å². The van der Waals surface area contributed by atoms with Crippen molar-refractivity contribution in [2.24, 2.45) is 0 Å². The Morgan fingerprint density at radius 1 is 0.650 bits per heavy atom. The van der Waals surface area contributed by atoms with Crippen LogP contribution in [0.4, 0.5) is 27.5 Å². The van der Waals surface area contributed by atoms with Gasteiger partial charge in [-0.15, -0.1) is 0 Å². The first-order chi connectivity index (χ1) is 19.0. The lowest BCUT2D eigenvalue weighted by Crippen LogP contribution is -2.21. The van der Waals surface area contributed by atoms with Crippen LogP contribution in [-0.2, 0) is 10.0 Å². The van der Waals surface area contributed by atoms with E-state index in [0.29, 0.717) is 22.5 Å². The Balaban J connectivity index is 1.48. The standard InChI is InChI=1S/C30H31N5O4S/c1-34(2)27-15-8-13-25(20-27)32-30(37)31-24-12-7-14-26(19-24)33-40(38,39)28-16-6-10-22(18-28)21-9-5-11-23(17-21)29(36)35(3)4/h5-20,33H,1-4H3,(H2,31,32,37). The van der Waals surface area contributed by atoms with Crippen LogP contribution in [0.15, 0.2) is 102 Å². The van der Waals surface area contributed by atoms with Gasteiger partial charge in [0.2, 0.25) is 0 Å². The maximum atomic E-state index is 13.2. The summed E-state index contributed by atoms with van der Waals surface area (Å²) in [6, 6.07) is 26.9. The minimum Gasteiger partial charge on any atom is -0.378 e. The van der Waals surface area contributed by atoms with Gasteiger partial charge in [0, 0.05) is 50.8 Å². The molecule has 4 aromatic carbocycles. The minimum absolute atomic E-state index is 0.0613. The van der Waals surface area contributed by atoms with E-state index in [-0.39, 0.29) is 16.5 Å². The highest BCUT2D eigenvalue weighted by Crippen LogP contribution is 2.26. The van der Waals surface area contributed by atoms with Crippen LogP contribution in [0.5, 0.6) is 0 Å². The smallest absolute Gasteiger partial charge is 0.323 e. The Morgan fingerprint density at radius 3 is 1.90 bits per heavy atom. The lowest BCUT2D eigenvalue weighted by atomic mass is 10.0. The summed E-state index contributed by atoms with van der Waals surface area (Å²) in [5.41, 5.74) is 4.14. The number of hydrogen-bond donors (Lipinski definition) is 3. The molecule has 0 atom stereocenters. The zero-order valence-corrected chi connectivity index (χ0v) is 23.5. The van der Waals surface area contributed by atoms with Gasteiger partial charge < -0.3 is 20.4 Å². The number of hydrogen-bond acceptors (Lipinski definition) is 5. The molecule has 0 spiro atoms. The predicted molar refractivity (Wildman–Crippen MR) is 161 cm³/mol. The van der Waals surface area contributed by atoms with Crippen LogP contribution in [0.2, 0.25) is 0 Å². The maximum absolute atomic E-state index is 13.2. The summed E-state index contributed by atoms with van der Waals surface area (Å²) in [6.07, 6.45) is 0. The molecule has 0 aliphatic rings. The second kappa shape index (κ2) is 11.9. The Kier molecular flexibility index (Phi) is 8.40. The van der Waals surface area contributed by atoms with E-state index in [9.17, 15) is 18.0 Å². The lowest BCUT2D eigenvalue weighted by Gasteiger charge is -2.15. The largest absolute Gasteiger partial charge is 0.378 e. The molecule has 3 N–H and O–H groups in total. The summed E-state index contributed by atoms with van der Waals surface area (Å²) in [7, 11) is 3.22. The number of carbonyl (C=O) groups is 2. The van der Waals surface area contributed by atoms with E-state index < -0.39 is 16.1 Å². The predicted octanol–water partition coefficient (Wildman–Crippen LogP) is 5.57. The molecule has 0 bridgehead atoms. The Hall–Kier alpha value is -4.83. The number of sulfonamides is 1. The number of amides is 3. The molecule has 0 fully saturated rings. The molecule has 0 aliphatic carbocycles. The van der Waals surface area contributed by atoms with E-state index in [4.69, 9.17) is 0 Å². The highest BCUT2D eigenvalue weighted by molar-refractivity contribution is 7.92. The second-order valence-corrected chi connectivity index (χ2v) is 11.2. The molecule has 0 aliphatic heterocycles. The zero-order valence-electron chi connectivity index (χ0n) is 22.7. The van der Waals surface area contributed by atoms with Crippen LogP contribution < -0.4 is 20.3 Å². The molecule has 0 radical (unpaired) electrons. The summed E-state index contributed by atoms with van der Waals surface area (Å²) in [5.74, 6) is -0.142. The maximum Gasteiger partial charge on any atom is 0.323 e. The van der Waals surface area contributed by atoms with E-state index >= 15 is 0 Å². The van der Waals surface area contributed by atoms with Crippen molar-refractivity contribution >= 4 is 44.7 Å². The van der Waals surface area contributed by atoms with Crippen LogP contribution in [0, 0.1) is 0 Å². The summed E-state index contributed by atoms with van der Waals surface area (Å²) in [4.78, 5) is 28.4. The molecule has 206 valence electrons. The van der Waals surface area contributed by atoms with Gasteiger partial charge in [0.05, 0.1) is 10.6 Å². The van der Waals surface area contributed by atoms with E-state index in [1.165, 1.54) is 17.0 Å². The molecule has 40 heavy (non-hydrogen) atoms. The van der Waals surface area contributed by atoms with E-state index in [2.05, 4.69) is 15.4 Å². The van der Waals surface area contributed by atoms with Gasteiger partial charge in [0.1, 0.15) is 0 Å². The highest BCUT2D eigenvalue weighted by Gasteiger charge is 2.16. The van der Waals surface area contributed by atoms with Crippen molar-refractivity contribution in [2.45, 2.75) is 4.90 Å². The molecule has 0 saturated carbocycles. The lowest BCUT2D eigenvalue weighted by molar-refractivity contribution is 0.0827. The average Bonchev–Trinajstić information content (AvgIpc) is 2.92. The summed E-state index contributed by atoms with van der Waals surface area (Å²) in [6.45, 7) is 0. The van der Waals surface area contributed by atoms with E-state index in [0.717, 1.165) is 11.3 Å². The van der Waals surface area contributed by atoms with Crippen molar-refractivity contribution in [3.05, 3.63) is 103 Å². The van der Waals surface area contributed by atoms with Crippen molar-refractivity contribution in [3.63, 3.8) is 0 Å². The number of nitrogens with one attached hydrogen (secondary N) is 3. The number of urea groups is 1. The fourth-order valence-corrected chi connectivity index (χ4v) is 5.06. The third kappa shape index (κ3) is 6.97. The molecule has 0 saturated heterocycles. The Bertz CT molecular complexity index is 1650. The fourth-order valence-electron chi connectivity index (χ4n) is 3.96. The van der Waals surface area contributed by atoms with Crippen molar-refractivity contribution in [1.29, 1.82) is 0 Å². The van der Waals surface area contributed by atoms with E-state index in [1.807, 2.05) is 43.3 Å². The minimum atomic E-state index is -3.95. The topological polar surface area (TPSA) is 111 Å². The molecule has 9 nitrogen and oxygen atoms in total. The van der Waals surface area contributed by atoms with Gasteiger partial charge in [-0.3, -0.25) is 9.52 Å². The summed E-state index contributed by atoms with van der Waals surface area (Å²) >= 11 is 0. The first-order valence-electron chi connectivity index (χ1n) is 12.4. The fraction of sp³-hybridized carbons (Fsp3) is 0.133. The number of benzene rings is 4. The average molecular weight is 558 g/mol. The van der Waals surface area contributed by atoms with Crippen molar-refractivity contribution < 1.29 is 18.0 Å². The molecule has 0 aromatic heterocycles. The third-order valence-corrected chi connectivity index (χ3v) is 7.37. The highest BCUT2D eigenvalue weighted by atomic mass is 32.2. The molecule has 4 rings (SSSR count). The van der Waals surface area contributed by atoms with Gasteiger partial charge in [-0.1, -0.05) is 36.4 Å². The number of carbonyl (C=O) groups excluding carboxylic acids is 2. The van der Waals surface area contributed by atoms with Gasteiger partial charge in [-0.2, -0.15) is 0 Å². The molecule has 0 heterocycles. The zero-order chi connectivity index (χ0) is 28.9. The number of anilines is 4. The SMILES string of the molecule is CN(C)C(=O)c1cccc(-c2cccc(S(=O)(=O)Nc3cccc(NC(=O)Nc4cccc(N(C)C)c4)c3)c2)c1. The van der Waals surface area contributed by atoms with Crippen molar-refractivity contribution in [3.8, 4) is 11.1 Å². The van der Waals surface area contributed by atoms with Gasteiger partial charge in [-0.25, -0.2) is 13.2 Å². The van der Waals surface area contributed by atoms with Crippen LogP contribution in [0.3, 0.4) is 0 Å². The number of rotatable bonds is 8. The van der Waals surface area contributed by atoms with Gasteiger partial charge in [-0.05, 0) is 71.8 Å². The molecule has 3 amide bonds. The van der Waals surface area contributed by atoms with Gasteiger partial charge in [0.15, 0.2) is 0 Å². The van der Waals surface area contributed by atoms with E-state index in [1.54, 1.807) is 74.8 Å². The first kappa shape index (κ1) is 28.2. The molecule has 4 aromatic rings. The Labute approximate surface area is 234 Å². The van der Waals surface area contributed by atoms with Crippen LogP contribution in [-0.4, -0.2) is 53.4 Å². The summed E-state index contributed by atoms with van der Waals surface area (Å²) < 4.78 is 29.0. The van der Waals surface area contributed by atoms with Crippen molar-refractivity contribution in [2.75, 3.05) is 48.4 Å². The molecule has 10 heteroatoms. The number of nitrogens with zero attached hydrogens (tertiary/aromatic N) is 2. The normalized spacial score (nSPS) is 10.9. The van der Waals surface area contributed by atoms with Gasteiger partial charge >= 0.3 is 6.03 Å². The van der Waals surface area contributed by atoms with Crippen LogP contribution in [0.25, 0.3) is 11.1 Å². The molecule has 0 unspecified atom stereocenters. The van der Waals surface area contributed by atoms with Crippen molar-refractivity contribution in [1.82, 2.24) is 4.90 Å². The quantitative estimate of drug-likeness (QED) is 0.263. The van der Waals surface area contributed by atoms with Crippen LogP contribution in [0.1, 0.15) is 10.4 Å². The third-order valence-electron chi connectivity index (χ3n) is 5.99.